The van der Waals surface area contributed by atoms with Crippen molar-refractivity contribution in [1.82, 2.24) is 4.90 Å². The maximum Gasteiger partial charge on any atom is 0.0556 e. The number of likely N-dealkylation sites (tertiary alicyclic amines) is 1. The molecule has 0 bridgehead atoms. The largest absolute Gasteiger partial charge is 0.396 e. The highest BCUT2D eigenvalue weighted by molar-refractivity contribution is 4.85. The molecule has 0 aromatic carbocycles. The van der Waals surface area contributed by atoms with Gasteiger partial charge in [-0.25, -0.2) is 0 Å². The van der Waals surface area contributed by atoms with Crippen LogP contribution in [-0.2, 0) is 4.74 Å². The molecule has 1 atom stereocenters. The first-order chi connectivity index (χ1) is 7.85. The van der Waals surface area contributed by atoms with Gasteiger partial charge in [-0.15, -0.1) is 0 Å². The molecule has 3 nitrogen and oxygen atoms in total. The van der Waals surface area contributed by atoms with Gasteiger partial charge in [0.25, 0.3) is 0 Å². The Bertz CT molecular complexity index is 194. The van der Waals surface area contributed by atoms with E-state index < -0.39 is 0 Å². The molecule has 16 heavy (non-hydrogen) atoms. The summed E-state index contributed by atoms with van der Waals surface area (Å²) < 4.78 is 5.56. The van der Waals surface area contributed by atoms with Crippen molar-refractivity contribution in [3.8, 4) is 0 Å². The lowest BCUT2D eigenvalue weighted by Crippen LogP contribution is -2.45. The molecule has 2 aliphatic rings. The summed E-state index contributed by atoms with van der Waals surface area (Å²) in [5.41, 5.74) is 0.0303. The minimum atomic E-state index is 0.0303. The summed E-state index contributed by atoms with van der Waals surface area (Å²) in [6, 6.07) is 0. The average Bonchev–Trinajstić information content (AvgIpc) is 2.59. The van der Waals surface area contributed by atoms with E-state index in [0.717, 1.165) is 32.6 Å². The van der Waals surface area contributed by atoms with Crippen molar-refractivity contribution < 1.29 is 9.84 Å². The second-order valence-corrected chi connectivity index (χ2v) is 5.50. The highest BCUT2D eigenvalue weighted by Gasteiger charge is 2.34. The van der Waals surface area contributed by atoms with E-state index in [0.29, 0.717) is 0 Å². The van der Waals surface area contributed by atoms with Crippen molar-refractivity contribution in [2.24, 2.45) is 5.41 Å². The molecule has 2 heterocycles. The summed E-state index contributed by atoms with van der Waals surface area (Å²) in [7, 11) is 0. The topological polar surface area (TPSA) is 32.7 Å². The second-order valence-electron chi connectivity index (χ2n) is 5.50. The van der Waals surface area contributed by atoms with E-state index in [1.54, 1.807) is 0 Å². The van der Waals surface area contributed by atoms with Gasteiger partial charge in [0.05, 0.1) is 13.2 Å². The van der Waals surface area contributed by atoms with E-state index in [4.69, 9.17) is 4.74 Å². The van der Waals surface area contributed by atoms with Gasteiger partial charge in [0, 0.05) is 18.6 Å². The van der Waals surface area contributed by atoms with Gasteiger partial charge in [0.15, 0.2) is 0 Å². The first kappa shape index (κ1) is 12.3. The molecule has 2 fully saturated rings. The summed E-state index contributed by atoms with van der Waals surface area (Å²) in [6.45, 7) is 5.36. The molecule has 0 aromatic rings. The zero-order valence-corrected chi connectivity index (χ0v) is 10.3. The quantitative estimate of drug-likeness (QED) is 0.796. The van der Waals surface area contributed by atoms with Gasteiger partial charge in [0.2, 0.25) is 0 Å². The van der Waals surface area contributed by atoms with Crippen molar-refractivity contribution in [2.45, 2.75) is 38.5 Å². The molecule has 2 saturated heterocycles. The van der Waals surface area contributed by atoms with E-state index in [1.165, 1.54) is 38.8 Å². The van der Waals surface area contributed by atoms with E-state index in [2.05, 4.69) is 4.90 Å². The predicted octanol–water partition coefficient (Wildman–Crippen LogP) is 1.65. The van der Waals surface area contributed by atoms with E-state index in [1.807, 2.05) is 0 Å². The Hall–Kier alpha value is -0.120. The van der Waals surface area contributed by atoms with Crippen LogP contribution in [0.15, 0.2) is 0 Å². The third-order valence-electron chi connectivity index (χ3n) is 4.00. The lowest BCUT2D eigenvalue weighted by molar-refractivity contribution is -0.0549. The molecule has 0 spiro atoms. The Labute approximate surface area is 98.8 Å². The van der Waals surface area contributed by atoms with Gasteiger partial charge in [-0.2, -0.15) is 0 Å². The fourth-order valence-electron chi connectivity index (χ4n) is 2.98. The summed E-state index contributed by atoms with van der Waals surface area (Å²) >= 11 is 0. The molecule has 1 unspecified atom stereocenters. The molecular weight excluding hydrogens is 202 g/mol. The Morgan fingerprint density at radius 1 is 1.06 bits per heavy atom. The zero-order chi connectivity index (χ0) is 11.3. The third kappa shape index (κ3) is 3.19. The van der Waals surface area contributed by atoms with Gasteiger partial charge in [-0.3, -0.25) is 0 Å². The predicted molar refractivity (Wildman–Crippen MR) is 64.5 cm³/mol. The molecule has 3 heteroatoms. The lowest BCUT2D eigenvalue weighted by Gasteiger charge is -2.39. The number of aliphatic hydroxyl groups excluding tert-OH is 1. The first-order valence-electron chi connectivity index (χ1n) is 6.76. The van der Waals surface area contributed by atoms with Crippen LogP contribution in [-0.4, -0.2) is 49.5 Å². The van der Waals surface area contributed by atoms with Crippen LogP contribution in [0.3, 0.4) is 0 Å². The SMILES string of the molecule is OCC1(CN2CCCCCC2)CCCOC1. The van der Waals surface area contributed by atoms with Crippen LogP contribution in [0.25, 0.3) is 0 Å². The van der Waals surface area contributed by atoms with Crippen LogP contribution < -0.4 is 0 Å². The molecule has 0 radical (unpaired) electrons. The number of hydrogen-bond acceptors (Lipinski definition) is 3. The van der Waals surface area contributed by atoms with Gasteiger partial charge in [0.1, 0.15) is 0 Å². The van der Waals surface area contributed by atoms with E-state index >= 15 is 0 Å². The maximum atomic E-state index is 9.64. The fraction of sp³-hybridized carbons (Fsp3) is 1.00. The Kier molecular flexibility index (Phi) is 4.62. The molecule has 2 rings (SSSR count). The standard InChI is InChI=1S/C13H25NO2/c15-11-13(6-5-9-16-12-13)10-14-7-3-1-2-4-8-14/h15H,1-12H2. The third-order valence-corrected chi connectivity index (χ3v) is 4.00. The average molecular weight is 227 g/mol. The summed E-state index contributed by atoms with van der Waals surface area (Å²) in [5, 5.41) is 9.64. The van der Waals surface area contributed by atoms with Crippen molar-refractivity contribution in [3.63, 3.8) is 0 Å². The Balaban J connectivity index is 1.88. The van der Waals surface area contributed by atoms with Crippen LogP contribution >= 0.6 is 0 Å². The molecular formula is C13H25NO2. The van der Waals surface area contributed by atoms with Gasteiger partial charge in [-0.05, 0) is 38.8 Å². The van der Waals surface area contributed by atoms with E-state index in [9.17, 15) is 5.11 Å². The molecule has 0 amide bonds. The first-order valence-corrected chi connectivity index (χ1v) is 6.76. The number of ether oxygens (including phenoxy) is 1. The van der Waals surface area contributed by atoms with Crippen LogP contribution in [0.1, 0.15) is 38.5 Å². The normalized spacial score (nSPS) is 33.6. The van der Waals surface area contributed by atoms with Crippen LogP contribution in [0.5, 0.6) is 0 Å². The number of rotatable bonds is 3. The summed E-state index contributed by atoms with van der Waals surface area (Å²) in [5.74, 6) is 0. The van der Waals surface area contributed by atoms with Gasteiger partial charge < -0.3 is 14.7 Å². The van der Waals surface area contributed by atoms with Gasteiger partial charge >= 0.3 is 0 Å². The number of aliphatic hydroxyl groups is 1. The molecule has 0 aliphatic carbocycles. The minimum absolute atomic E-state index is 0.0303. The van der Waals surface area contributed by atoms with Crippen LogP contribution in [0.2, 0.25) is 0 Å². The monoisotopic (exact) mass is 227 g/mol. The van der Waals surface area contributed by atoms with Crippen molar-refractivity contribution in [2.75, 3.05) is 39.5 Å². The number of hydrogen-bond donors (Lipinski definition) is 1. The maximum absolute atomic E-state index is 9.64. The Morgan fingerprint density at radius 2 is 1.81 bits per heavy atom. The number of nitrogens with zero attached hydrogens (tertiary/aromatic N) is 1. The van der Waals surface area contributed by atoms with Gasteiger partial charge in [-0.1, -0.05) is 12.8 Å². The Morgan fingerprint density at radius 3 is 2.38 bits per heavy atom. The lowest BCUT2D eigenvalue weighted by atomic mass is 9.82. The molecule has 0 saturated carbocycles. The molecule has 94 valence electrons. The highest BCUT2D eigenvalue weighted by Crippen LogP contribution is 2.29. The highest BCUT2D eigenvalue weighted by atomic mass is 16.5. The molecule has 2 aliphatic heterocycles. The fourth-order valence-corrected chi connectivity index (χ4v) is 2.98. The smallest absolute Gasteiger partial charge is 0.0556 e. The molecule has 1 N–H and O–H groups in total. The van der Waals surface area contributed by atoms with E-state index in [-0.39, 0.29) is 12.0 Å². The van der Waals surface area contributed by atoms with Crippen molar-refractivity contribution >= 4 is 0 Å². The summed E-state index contributed by atoms with van der Waals surface area (Å²) in [4.78, 5) is 2.54. The van der Waals surface area contributed by atoms with Crippen molar-refractivity contribution in [1.29, 1.82) is 0 Å². The summed E-state index contributed by atoms with van der Waals surface area (Å²) in [6.07, 6.45) is 7.62. The molecule has 0 aromatic heterocycles. The van der Waals surface area contributed by atoms with Crippen molar-refractivity contribution in [3.05, 3.63) is 0 Å². The zero-order valence-electron chi connectivity index (χ0n) is 10.3. The minimum Gasteiger partial charge on any atom is -0.396 e. The van der Waals surface area contributed by atoms with Crippen LogP contribution in [0, 0.1) is 5.41 Å². The second kappa shape index (κ2) is 5.99. The van der Waals surface area contributed by atoms with Crippen LogP contribution in [0.4, 0.5) is 0 Å².